The molecule has 38 heavy (non-hydrogen) atoms. The van der Waals surface area contributed by atoms with Gasteiger partial charge >= 0.3 is 0 Å². The number of aliphatic hydroxyl groups is 1. The molecule has 6 heteroatoms. The largest absolute Gasteiger partial charge is 0.456 e. The molecule has 3 aromatic carbocycles. The fraction of sp³-hybridized carbons (Fsp3) is 0.188. The third kappa shape index (κ3) is 6.35. The average Bonchev–Trinajstić information content (AvgIpc) is 3.13. The van der Waals surface area contributed by atoms with Gasteiger partial charge in [-0.05, 0) is 42.3 Å². The summed E-state index contributed by atoms with van der Waals surface area (Å²) in [5.41, 5.74) is 4.06. The Labute approximate surface area is 223 Å². The maximum Gasteiger partial charge on any atom is 0.252 e. The Morgan fingerprint density at radius 2 is 1.61 bits per heavy atom. The second-order valence-corrected chi connectivity index (χ2v) is 9.31. The number of para-hydroxylation sites is 2. The zero-order chi connectivity index (χ0) is 26.2. The maximum absolute atomic E-state index is 13.8. The second-order valence-electron chi connectivity index (χ2n) is 9.31. The van der Waals surface area contributed by atoms with Gasteiger partial charge in [-0.15, -0.1) is 0 Å². The lowest BCUT2D eigenvalue weighted by molar-refractivity contribution is -0.117. The lowest BCUT2D eigenvalue weighted by Crippen LogP contribution is -2.49. The van der Waals surface area contributed by atoms with Crippen molar-refractivity contribution in [3.05, 3.63) is 126 Å². The predicted octanol–water partition coefficient (Wildman–Crippen LogP) is 4.65. The van der Waals surface area contributed by atoms with Crippen molar-refractivity contribution in [1.29, 1.82) is 0 Å². The molecule has 0 saturated carbocycles. The van der Waals surface area contributed by atoms with Crippen molar-refractivity contribution in [3.63, 3.8) is 0 Å². The summed E-state index contributed by atoms with van der Waals surface area (Å²) < 4.78 is 6.14. The topological polar surface area (TPSA) is 83.5 Å². The minimum absolute atomic E-state index is 0.258. The molecule has 1 aliphatic rings. The third-order valence-electron chi connectivity index (χ3n) is 6.58. The summed E-state index contributed by atoms with van der Waals surface area (Å²) in [4.78, 5) is 18.1. The van der Waals surface area contributed by atoms with E-state index in [1.807, 2.05) is 103 Å². The predicted molar refractivity (Wildman–Crippen MR) is 150 cm³/mol. The van der Waals surface area contributed by atoms with Gasteiger partial charge in [-0.3, -0.25) is 9.78 Å². The molecule has 4 aromatic rings. The Morgan fingerprint density at radius 3 is 2.42 bits per heavy atom. The Morgan fingerprint density at radius 1 is 0.868 bits per heavy atom. The van der Waals surface area contributed by atoms with Crippen LogP contribution in [0.15, 0.2) is 103 Å². The van der Waals surface area contributed by atoms with Crippen molar-refractivity contribution in [2.45, 2.75) is 25.0 Å². The molecule has 3 N–H and O–H groups in total. The number of nitrogens with zero attached hydrogens (tertiary/aromatic N) is 1. The summed E-state index contributed by atoms with van der Waals surface area (Å²) in [5.74, 6) is 1.06. The van der Waals surface area contributed by atoms with Gasteiger partial charge in [-0.2, -0.15) is 0 Å². The van der Waals surface area contributed by atoms with Crippen LogP contribution in [-0.4, -0.2) is 41.2 Å². The molecule has 1 aliphatic heterocycles. The van der Waals surface area contributed by atoms with Crippen LogP contribution in [0.25, 0.3) is 11.6 Å². The van der Waals surface area contributed by atoms with Gasteiger partial charge < -0.3 is 20.5 Å². The normalized spacial score (nSPS) is 13.7. The number of pyridine rings is 1. The Hall–Kier alpha value is -4.26. The molecule has 0 unspecified atom stereocenters. The highest BCUT2D eigenvalue weighted by Crippen LogP contribution is 2.37. The van der Waals surface area contributed by atoms with E-state index in [4.69, 9.17) is 4.74 Å². The smallest absolute Gasteiger partial charge is 0.252 e. The Kier molecular flexibility index (Phi) is 8.23. The first-order valence-electron chi connectivity index (χ1n) is 12.9. The molecule has 0 radical (unpaired) electrons. The Balaban J connectivity index is 1.34. The van der Waals surface area contributed by atoms with Crippen molar-refractivity contribution in [2.75, 3.05) is 13.1 Å². The number of fused-ring (bicyclic) bond motifs is 2. The van der Waals surface area contributed by atoms with E-state index in [0.29, 0.717) is 42.1 Å². The number of benzene rings is 3. The minimum Gasteiger partial charge on any atom is -0.456 e. The number of hydrogen-bond donors (Lipinski definition) is 3. The molecule has 0 bridgehead atoms. The van der Waals surface area contributed by atoms with E-state index in [1.165, 1.54) is 0 Å². The van der Waals surface area contributed by atoms with Crippen molar-refractivity contribution in [3.8, 4) is 11.5 Å². The fourth-order valence-corrected chi connectivity index (χ4v) is 4.56. The lowest BCUT2D eigenvalue weighted by atomic mass is 9.98. The summed E-state index contributed by atoms with van der Waals surface area (Å²) in [6.45, 7) is 1.01. The van der Waals surface area contributed by atoms with Gasteiger partial charge in [-0.1, -0.05) is 72.8 Å². The lowest BCUT2D eigenvalue weighted by Gasteiger charge is -2.25. The van der Waals surface area contributed by atoms with Gasteiger partial charge in [0.25, 0.3) is 5.91 Å². The first kappa shape index (κ1) is 25.4. The van der Waals surface area contributed by atoms with E-state index >= 15 is 0 Å². The highest BCUT2D eigenvalue weighted by Gasteiger charge is 2.26. The van der Waals surface area contributed by atoms with Crippen molar-refractivity contribution < 1.29 is 14.6 Å². The van der Waals surface area contributed by atoms with Crippen LogP contribution >= 0.6 is 0 Å². The van der Waals surface area contributed by atoms with Crippen LogP contribution in [0, 0.1) is 0 Å². The number of nitrogens with one attached hydrogen (secondary N) is 2. The summed E-state index contributed by atoms with van der Waals surface area (Å²) >= 11 is 0. The molecule has 1 aromatic heterocycles. The fourth-order valence-electron chi connectivity index (χ4n) is 4.56. The third-order valence-corrected chi connectivity index (χ3v) is 6.58. The van der Waals surface area contributed by atoms with Crippen LogP contribution in [-0.2, 0) is 17.6 Å². The van der Waals surface area contributed by atoms with Gasteiger partial charge in [0.2, 0.25) is 0 Å². The van der Waals surface area contributed by atoms with E-state index in [-0.39, 0.29) is 5.91 Å². The van der Waals surface area contributed by atoms with Crippen molar-refractivity contribution >= 4 is 17.6 Å². The van der Waals surface area contributed by atoms with Gasteiger partial charge in [0.1, 0.15) is 11.5 Å². The van der Waals surface area contributed by atoms with Crippen LogP contribution < -0.4 is 15.4 Å². The zero-order valence-corrected chi connectivity index (χ0v) is 21.1. The average molecular weight is 506 g/mol. The molecule has 5 rings (SSSR count). The number of rotatable bonds is 10. The van der Waals surface area contributed by atoms with E-state index in [9.17, 15) is 9.90 Å². The number of hydrogen-bond acceptors (Lipinski definition) is 5. The highest BCUT2D eigenvalue weighted by atomic mass is 16.5. The number of carbonyl (C=O) groups excluding carboxylic acids is 1. The van der Waals surface area contributed by atoms with Crippen LogP contribution in [0.2, 0.25) is 0 Å². The molecule has 2 atom stereocenters. The molecule has 0 spiro atoms. The molecule has 0 saturated heterocycles. The Bertz CT molecular complexity index is 1390. The highest BCUT2D eigenvalue weighted by molar-refractivity contribution is 6.25. The van der Waals surface area contributed by atoms with Crippen LogP contribution in [0.5, 0.6) is 11.5 Å². The van der Waals surface area contributed by atoms with Crippen LogP contribution in [0.4, 0.5) is 0 Å². The molecular formula is C32H31N3O3. The van der Waals surface area contributed by atoms with Gasteiger partial charge in [0, 0.05) is 42.5 Å². The first-order valence-corrected chi connectivity index (χ1v) is 12.9. The quantitative estimate of drug-likeness (QED) is 0.273. The summed E-state index contributed by atoms with van der Waals surface area (Å²) in [6, 6.07) is 30.4. The van der Waals surface area contributed by atoms with E-state index in [0.717, 1.165) is 23.2 Å². The molecule has 0 fully saturated rings. The summed E-state index contributed by atoms with van der Waals surface area (Å²) in [6.07, 6.45) is 4.09. The maximum atomic E-state index is 13.8. The van der Waals surface area contributed by atoms with Crippen LogP contribution in [0.1, 0.15) is 22.4 Å². The van der Waals surface area contributed by atoms with Crippen molar-refractivity contribution in [1.82, 2.24) is 15.6 Å². The van der Waals surface area contributed by atoms with E-state index in [2.05, 4.69) is 15.6 Å². The first-order chi connectivity index (χ1) is 18.7. The molecule has 6 nitrogen and oxygen atoms in total. The zero-order valence-electron chi connectivity index (χ0n) is 21.1. The van der Waals surface area contributed by atoms with E-state index in [1.54, 1.807) is 6.20 Å². The van der Waals surface area contributed by atoms with Crippen molar-refractivity contribution in [2.24, 2.45) is 0 Å². The molecule has 1 amide bonds. The van der Waals surface area contributed by atoms with Crippen LogP contribution in [0.3, 0.4) is 0 Å². The monoisotopic (exact) mass is 505 g/mol. The summed E-state index contributed by atoms with van der Waals surface area (Å²) in [7, 11) is 0. The molecule has 0 aliphatic carbocycles. The molecule has 192 valence electrons. The number of amides is 1. The SMILES string of the molecule is O=C(N[C@@H](Cc1ccccc1)[C@H](O)CNCCc1ccccn1)C1=Cc2ccccc2Oc2ccccc21. The summed E-state index contributed by atoms with van der Waals surface area (Å²) in [5, 5.41) is 17.6. The minimum atomic E-state index is -0.798. The number of carbonyl (C=O) groups is 1. The van der Waals surface area contributed by atoms with Gasteiger partial charge in [0.05, 0.1) is 17.7 Å². The number of aromatic nitrogens is 1. The van der Waals surface area contributed by atoms with Gasteiger partial charge in [-0.25, -0.2) is 0 Å². The number of ether oxygens (including phenoxy) is 1. The standard InChI is InChI=1S/C32H31N3O3/c36-29(22-33-19-17-25-13-8-9-18-34-25)28(20-23-10-2-1-3-11-23)35-32(37)27-21-24-12-4-6-15-30(24)38-31-16-7-5-14-26(27)31/h1-16,18,21,28-29,33,36H,17,19-20,22H2,(H,35,37)/t28-,29+/m0/s1. The van der Waals surface area contributed by atoms with E-state index < -0.39 is 12.1 Å². The molecule has 2 heterocycles. The molecular weight excluding hydrogens is 474 g/mol. The van der Waals surface area contributed by atoms with Gasteiger partial charge in [0.15, 0.2) is 0 Å². The second kappa shape index (κ2) is 12.3. The number of aliphatic hydroxyl groups excluding tert-OH is 1.